The van der Waals surface area contributed by atoms with Crippen molar-refractivity contribution in [2.24, 2.45) is 0 Å². The number of benzene rings is 8. The van der Waals surface area contributed by atoms with Gasteiger partial charge in [0.25, 0.3) is 0 Å². The third-order valence-electron chi connectivity index (χ3n) is 11.8. The Morgan fingerprint density at radius 1 is 0.508 bits per heavy atom. The second-order valence-electron chi connectivity index (χ2n) is 15.3. The van der Waals surface area contributed by atoms with Crippen LogP contribution in [0.1, 0.15) is 22.3 Å². The highest BCUT2D eigenvalue weighted by Gasteiger charge is 2.34. The van der Waals surface area contributed by atoms with Gasteiger partial charge in [0.05, 0.1) is 52.9 Å². The summed E-state index contributed by atoms with van der Waals surface area (Å²) in [6.07, 6.45) is -4.66. The zero-order chi connectivity index (χ0) is 43.6. The molecule has 6 nitrogen and oxygen atoms in total. The minimum Gasteiger partial charge on any atom is -0.309 e. The largest absolute Gasteiger partial charge is 0.417 e. The van der Waals surface area contributed by atoms with Gasteiger partial charge in [-0.1, -0.05) is 72.8 Å². The van der Waals surface area contributed by atoms with Crippen LogP contribution in [0.25, 0.3) is 98.1 Å². The van der Waals surface area contributed by atoms with Gasteiger partial charge in [-0.05, 0) is 131 Å². The SMILES string of the molecule is [C-]#[N+]c1ccc(-c2ccc3c(c2)c2ccccc2n3-c2ccc(C(F)(F)F)c(-c3cc(-n4c5ccccc5c5cc(-c6ccc(C#N)cc6[N+]#[C-])ccc54)ccc3C)c2)c(C#N)c1. The predicted molar refractivity (Wildman–Crippen MR) is 243 cm³/mol. The third-order valence-corrected chi connectivity index (χ3v) is 11.8. The summed E-state index contributed by atoms with van der Waals surface area (Å²) in [5, 5.41) is 23.0. The van der Waals surface area contributed by atoms with Gasteiger partial charge in [0.15, 0.2) is 11.4 Å². The molecular formula is C54H29F3N6. The van der Waals surface area contributed by atoms with Crippen molar-refractivity contribution in [3.05, 3.63) is 203 Å². The van der Waals surface area contributed by atoms with Crippen LogP contribution in [0, 0.1) is 42.7 Å². The quantitative estimate of drug-likeness (QED) is 0.162. The minimum atomic E-state index is -4.66. The van der Waals surface area contributed by atoms with Crippen LogP contribution in [0.15, 0.2) is 158 Å². The van der Waals surface area contributed by atoms with Gasteiger partial charge in [-0.2, -0.15) is 23.7 Å². The molecule has 2 heterocycles. The number of rotatable bonds is 5. The first-order valence-corrected chi connectivity index (χ1v) is 19.8. The molecule has 0 saturated heterocycles. The van der Waals surface area contributed by atoms with Crippen molar-refractivity contribution in [3.8, 4) is 56.9 Å². The summed E-state index contributed by atoms with van der Waals surface area (Å²) in [6, 6.07) is 51.6. The first-order valence-electron chi connectivity index (χ1n) is 19.8. The highest BCUT2D eigenvalue weighted by molar-refractivity contribution is 6.12. The maximum atomic E-state index is 15.1. The van der Waals surface area contributed by atoms with Gasteiger partial charge in [0.1, 0.15) is 0 Å². The van der Waals surface area contributed by atoms with Gasteiger partial charge < -0.3 is 9.13 Å². The summed E-state index contributed by atoms with van der Waals surface area (Å²) in [6.45, 7) is 17.0. The molecule has 0 radical (unpaired) electrons. The summed E-state index contributed by atoms with van der Waals surface area (Å²) in [5.41, 5.74) is 9.37. The number of nitriles is 2. The van der Waals surface area contributed by atoms with E-state index in [0.717, 1.165) is 60.8 Å². The Morgan fingerprint density at radius 2 is 1.08 bits per heavy atom. The molecule has 63 heavy (non-hydrogen) atoms. The van der Waals surface area contributed by atoms with E-state index in [1.807, 2.05) is 115 Å². The normalized spacial score (nSPS) is 11.4. The first kappa shape index (κ1) is 38.3. The van der Waals surface area contributed by atoms with Crippen molar-refractivity contribution in [2.75, 3.05) is 0 Å². The van der Waals surface area contributed by atoms with E-state index in [1.165, 1.54) is 6.07 Å². The Bertz CT molecular complexity index is 3750. The maximum Gasteiger partial charge on any atom is 0.417 e. The number of aromatic nitrogens is 2. The van der Waals surface area contributed by atoms with E-state index in [4.69, 9.17) is 13.1 Å². The fourth-order valence-corrected chi connectivity index (χ4v) is 8.90. The lowest BCUT2D eigenvalue weighted by Gasteiger charge is -2.19. The van der Waals surface area contributed by atoms with Gasteiger partial charge >= 0.3 is 6.18 Å². The molecule has 296 valence electrons. The summed E-state index contributed by atoms with van der Waals surface area (Å²) in [4.78, 5) is 7.16. The van der Waals surface area contributed by atoms with Gasteiger partial charge in [-0.25, -0.2) is 9.69 Å². The molecule has 0 amide bonds. The molecule has 0 bridgehead atoms. The standard InChI is InChI=1S/C54H29F3N6/c1-32-12-17-38(62-50-10-6-5-9-43(50)47-27-35(15-23-53(47)62)41-19-13-33(30-58)24-49(41)61-3)28-44(32)45-29-39(18-21-48(45)54(55,56)57)63-51-11-7-4-8-42(51)46-26-34(14-22-52(46)63)40-20-16-37(60-2)25-36(40)31-59/h4-29H,1H3. The number of aryl methyl sites for hydroxylation is 1. The molecule has 0 unspecified atom stereocenters. The van der Waals surface area contributed by atoms with Crippen LogP contribution in [-0.2, 0) is 6.18 Å². The topological polar surface area (TPSA) is 66.2 Å². The Morgan fingerprint density at radius 3 is 1.67 bits per heavy atom. The number of halogens is 3. The molecule has 9 heteroatoms. The smallest absolute Gasteiger partial charge is 0.309 e. The van der Waals surface area contributed by atoms with E-state index in [-0.39, 0.29) is 5.56 Å². The average molecular weight is 819 g/mol. The van der Waals surface area contributed by atoms with Gasteiger partial charge in [-0.3, -0.25) is 0 Å². The molecule has 8 aromatic carbocycles. The summed E-state index contributed by atoms with van der Waals surface area (Å²) < 4.78 is 49.5. The Labute approximate surface area is 359 Å². The fraction of sp³-hybridized carbons (Fsp3) is 0.0370. The molecule has 0 atom stereocenters. The second-order valence-corrected chi connectivity index (χ2v) is 15.3. The average Bonchev–Trinajstić information content (AvgIpc) is 3.83. The Hall–Kier alpha value is -8.89. The monoisotopic (exact) mass is 818 g/mol. The van der Waals surface area contributed by atoms with Crippen molar-refractivity contribution in [1.82, 2.24) is 9.13 Å². The molecule has 10 aromatic rings. The molecule has 0 saturated carbocycles. The maximum absolute atomic E-state index is 15.1. The fourth-order valence-electron chi connectivity index (χ4n) is 8.90. The Kier molecular flexibility index (Phi) is 8.93. The third kappa shape index (κ3) is 6.24. The van der Waals surface area contributed by atoms with Crippen LogP contribution in [0.4, 0.5) is 24.5 Å². The highest BCUT2D eigenvalue weighted by atomic mass is 19.4. The molecule has 0 aliphatic rings. The summed E-state index contributed by atoms with van der Waals surface area (Å²) in [5.74, 6) is 0. The molecule has 0 fully saturated rings. The molecule has 2 aromatic heterocycles. The number of hydrogen-bond acceptors (Lipinski definition) is 2. The predicted octanol–water partition coefficient (Wildman–Crippen LogP) is 15.1. The van der Waals surface area contributed by atoms with Gasteiger partial charge in [0, 0.05) is 44.0 Å². The number of hydrogen-bond donors (Lipinski definition) is 0. The number of alkyl halides is 3. The van der Waals surface area contributed by atoms with Crippen molar-refractivity contribution in [3.63, 3.8) is 0 Å². The van der Waals surface area contributed by atoms with Crippen LogP contribution in [-0.4, -0.2) is 9.13 Å². The highest BCUT2D eigenvalue weighted by Crippen LogP contribution is 2.44. The van der Waals surface area contributed by atoms with E-state index in [0.29, 0.717) is 56.1 Å². The Balaban J connectivity index is 1.15. The number of fused-ring (bicyclic) bond motifs is 6. The van der Waals surface area contributed by atoms with Crippen molar-refractivity contribution in [2.45, 2.75) is 13.1 Å². The van der Waals surface area contributed by atoms with Gasteiger partial charge in [0.2, 0.25) is 0 Å². The zero-order valence-electron chi connectivity index (χ0n) is 33.3. The van der Waals surface area contributed by atoms with Crippen LogP contribution < -0.4 is 0 Å². The summed E-state index contributed by atoms with van der Waals surface area (Å²) >= 11 is 0. The van der Waals surface area contributed by atoms with Crippen molar-refractivity contribution >= 4 is 55.0 Å². The van der Waals surface area contributed by atoms with Crippen LogP contribution >= 0.6 is 0 Å². The molecule has 0 spiro atoms. The molecular weight excluding hydrogens is 790 g/mol. The van der Waals surface area contributed by atoms with Gasteiger partial charge in [-0.15, -0.1) is 0 Å². The molecule has 0 aliphatic heterocycles. The lowest BCUT2D eigenvalue weighted by molar-refractivity contribution is -0.137. The number of para-hydroxylation sites is 2. The second kappa shape index (κ2) is 14.7. The van der Waals surface area contributed by atoms with E-state index < -0.39 is 11.7 Å². The van der Waals surface area contributed by atoms with E-state index >= 15 is 13.2 Å². The molecule has 0 aliphatic carbocycles. The van der Waals surface area contributed by atoms with E-state index in [2.05, 4.69) is 26.4 Å². The van der Waals surface area contributed by atoms with E-state index in [9.17, 15) is 10.5 Å². The molecule has 10 rings (SSSR count). The minimum absolute atomic E-state index is 0.0380. The van der Waals surface area contributed by atoms with E-state index in [1.54, 1.807) is 42.5 Å². The molecule has 0 N–H and O–H groups in total. The van der Waals surface area contributed by atoms with Crippen LogP contribution in [0.3, 0.4) is 0 Å². The van der Waals surface area contributed by atoms with Crippen molar-refractivity contribution in [1.29, 1.82) is 10.5 Å². The lowest BCUT2D eigenvalue weighted by atomic mass is 9.94. The van der Waals surface area contributed by atoms with Crippen LogP contribution in [0.2, 0.25) is 0 Å². The lowest BCUT2D eigenvalue weighted by Crippen LogP contribution is -2.09. The first-order chi connectivity index (χ1) is 30.6. The summed E-state index contributed by atoms with van der Waals surface area (Å²) in [7, 11) is 0. The zero-order valence-corrected chi connectivity index (χ0v) is 33.3. The van der Waals surface area contributed by atoms with Crippen LogP contribution in [0.5, 0.6) is 0 Å². The number of nitrogens with zero attached hydrogens (tertiary/aromatic N) is 6. The van der Waals surface area contributed by atoms with Crippen molar-refractivity contribution < 1.29 is 13.2 Å².